The molecule has 0 aliphatic carbocycles. The Bertz CT molecular complexity index is 882. The van der Waals surface area contributed by atoms with Crippen LogP contribution in [0.5, 0.6) is 5.75 Å². The molecule has 1 aliphatic rings. The zero-order valence-corrected chi connectivity index (χ0v) is 16.3. The van der Waals surface area contributed by atoms with Gasteiger partial charge in [0, 0.05) is 18.4 Å². The lowest BCUT2D eigenvalue weighted by Gasteiger charge is -2.18. The van der Waals surface area contributed by atoms with Crippen LogP contribution in [0.15, 0.2) is 84.9 Å². The standard InChI is InChI=1S/C25H25NO3/c27-25(24(19-9-3-1-4-10-19)20-11-5-2-6-12-20)26-21-13-7-14-22(17-21)29-18-23-15-8-16-28-23/h1-7,9-14,17,23-24H,8,15-16,18H2,(H,26,27). The van der Waals surface area contributed by atoms with E-state index in [-0.39, 0.29) is 17.9 Å². The molecular formula is C25H25NO3. The van der Waals surface area contributed by atoms with Gasteiger partial charge in [0.1, 0.15) is 12.4 Å². The lowest BCUT2D eigenvalue weighted by molar-refractivity contribution is -0.116. The molecule has 0 radical (unpaired) electrons. The molecule has 1 unspecified atom stereocenters. The van der Waals surface area contributed by atoms with Crippen molar-refractivity contribution in [2.45, 2.75) is 24.9 Å². The van der Waals surface area contributed by atoms with Crippen LogP contribution in [-0.4, -0.2) is 25.2 Å². The molecule has 29 heavy (non-hydrogen) atoms. The lowest BCUT2D eigenvalue weighted by Crippen LogP contribution is -2.22. The first kappa shape index (κ1) is 19.2. The zero-order valence-electron chi connectivity index (χ0n) is 16.3. The smallest absolute Gasteiger partial charge is 0.236 e. The van der Waals surface area contributed by atoms with Gasteiger partial charge in [-0.3, -0.25) is 4.79 Å². The molecule has 1 fully saturated rings. The summed E-state index contributed by atoms with van der Waals surface area (Å²) in [5.74, 6) is 0.279. The Balaban J connectivity index is 1.49. The van der Waals surface area contributed by atoms with Crippen molar-refractivity contribution in [1.29, 1.82) is 0 Å². The average molecular weight is 387 g/mol. The van der Waals surface area contributed by atoms with Gasteiger partial charge in [0.25, 0.3) is 0 Å². The number of hydrogen-bond acceptors (Lipinski definition) is 3. The van der Waals surface area contributed by atoms with Crippen molar-refractivity contribution in [1.82, 2.24) is 0 Å². The summed E-state index contributed by atoms with van der Waals surface area (Å²) in [6.07, 6.45) is 2.28. The monoisotopic (exact) mass is 387 g/mol. The van der Waals surface area contributed by atoms with Gasteiger partial charge in [-0.2, -0.15) is 0 Å². The van der Waals surface area contributed by atoms with E-state index in [9.17, 15) is 4.79 Å². The first-order valence-electron chi connectivity index (χ1n) is 10.0. The van der Waals surface area contributed by atoms with Gasteiger partial charge in [-0.15, -0.1) is 0 Å². The van der Waals surface area contributed by atoms with Crippen LogP contribution in [0.1, 0.15) is 29.9 Å². The molecule has 4 nitrogen and oxygen atoms in total. The van der Waals surface area contributed by atoms with Crippen molar-refractivity contribution in [2.75, 3.05) is 18.5 Å². The Morgan fingerprint density at radius 2 is 1.66 bits per heavy atom. The minimum Gasteiger partial charge on any atom is -0.491 e. The average Bonchev–Trinajstić information content (AvgIpc) is 3.28. The van der Waals surface area contributed by atoms with Gasteiger partial charge in [-0.1, -0.05) is 66.7 Å². The summed E-state index contributed by atoms with van der Waals surface area (Å²) in [6.45, 7) is 1.35. The molecule has 1 atom stereocenters. The van der Waals surface area contributed by atoms with Crippen molar-refractivity contribution < 1.29 is 14.3 Å². The van der Waals surface area contributed by atoms with E-state index in [0.717, 1.165) is 42.0 Å². The second kappa shape index (κ2) is 9.39. The van der Waals surface area contributed by atoms with Gasteiger partial charge in [-0.05, 0) is 36.1 Å². The molecule has 0 bridgehead atoms. The molecule has 3 aromatic carbocycles. The van der Waals surface area contributed by atoms with Crippen LogP contribution in [0, 0.1) is 0 Å². The highest BCUT2D eigenvalue weighted by Crippen LogP contribution is 2.27. The van der Waals surface area contributed by atoms with Crippen LogP contribution >= 0.6 is 0 Å². The molecule has 1 heterocycles. The Morgan fingerprint density at radius 1 is 0.966 bits per heavy atom. The van der Waals surface area contributed by atoms with Crippen molar-refractivity contribution in [2.24, 2.45) is 0 Å². The van der Waals surface area contributed by atoms with E-state index in [0.29, 0.717) is 6.61 Å². The van der Waals surface area contributed by atoms with Crippen LogP contribution in [0.25, 0.3) is 0 Å². The van der Waals surface area contributed by atoms with E-state index in [2.05, 4.69) is 5.32 Å². The number of benzene rings is 3. The first-order valence-corrected chi connectivity index (χ1v) is 10.0. The predicted octanol–water partition coefficient (Wildman–Crippen LogP) is 5.02. The molecule has 0 spiro atoms. The van der Waals surface area contributed by atoms with Gasteiger partial charge in [-0.25, -0.2) is 0 Å². The number of rotatable bonds is 7. The number of ether oxygens (including phenoxy) is 2. The highest BCUT2D eigenvalue weighted by molar-refractivity contribution is 5.98. The number of nitrogens with one attached hydrogen (secondary N) is 1. The molecule has 148 valence electrons. The fraction of sp³-hybridized carbons (Fsp3) is 0.240. The summed E-state index contributed by atoms with van der Waals surface area (Å²) in [5, 5.41) is 3.06. The molecule has 1 amide bonds. The number of carbonyl (C=O) groups excluding carboxylic acids is 1. The maximum atomic E-state index is 13.2. The molecule has 3 aromatic rings. The van der Waals surface area contributed by atoms with Crippen LogP contribution in [0.4, 0.5) is 5.69 Å². The summed E-state index contributed by atoms with van der Waals surface area (Å²) < 4.78 is 11.5. The highest BCUT2D eigenvalue weighted by Gasteiger charge is 2.23. The van der Waals surface area contributed by atoms with Crippen LogP contribution in [0.2, 0.25) is 0 Å². The normalized spacial score (nSPS) is 16.0. The highest BCUT2D eigenvalue weighted by atomic mass is 16.5. The molecule has 0 aromatic heterocycles. The number of carbonyl (C=O) groups is 1. The molecule has 1 aliphatic heterocycles. The largest absolute Gasteiger partial charge is 0.491 e. The fourth-order valence-electron chi connectivity index (χ4n) is 3.63. The van der Waals surface area contributed by atoms with Crippen molar-refractivity contribution in [3.05, 3.63) is 96.1 Å². The molecule has 0 saturated carbocycles. The molecule has 1 saturated heterocycles. The SMILES string of the molecule is O=C(Nc1cccc(OCC2CCCO2)c1)C(c1ccccc1)c1ccccc1. The third-order valence-corrected chi connectivity index (χ3v) is 5.09. The molecular weight excluding hydrogens is 362 g/mol. The van der Waals surface area contributed by atoms with Gasteiger partial charge in [0.05, 0.1) is 12.0 Å². The van der Waals surface area contributed by atoms with Gasteiger partial charge in [0.15, 0.2) is 0 Å². The second-order valence-electron chi connectivity index (χ2n) is 7.22. The zero-order chi connectivity index (χ0) is 19.9. The minimum absolute atomic E-state index is 0.0707. The summed E-state index contributed by atoms with van der Waals surface area (Å²) >= 11 is 0. The predicted molar refractivity (Wildman–Crippen MR) is 114 cm³/mol. The fourth-order valence-corrected chi connectivity index (χ4v) is 3.63. The van der Waals surface area contributed by atoms with Crippen molar-refractivity contribution in [3.63, 3.8) is 0 Å². The van der Waals surface area contributed by atoms with Crippen molar-refractivity contribution >= 4 is 11.6 Å². The maximum absolute atomic E-state index is 13.2. The summed E-state index contributed by atoms with van der Waals surface area (Å²) in [6, 6.07) is 27.2. The summed E-state index contributed by atoms with van der Waals surface area (Å²) in [7, 11) is 0. The second-order valence-corrected chi connectivity index (χ2v) is 7.22. The number of anilines is 1. The molecule has 1 N–H and O–H groups in total. The van der Waals surface area contributed by atoms with Gasteiger partial charge >= 0.3 is 0 Å². The van der Waals surface area contributed by atoms with Crippen LogP contribution in [-0.2, 0) is 9.53 Å². The van der Waals surface area contributed by atoms with E-state index in [1.54, 1.807) is 0 Å². The Kier molecular flexibility index (Phi) is 6.22. The number of hydrogen-bond donors (Lipinski definition) is 1. The molecule has 4 heteroatoms. The van der Waals surface area contributed by atoms with Gasteiger partial charge in [0.2, 0.25) is 5.91 Å². The van der Waals surface area contributed by atoms with E-state index < -0.39 is 0 Å². The third-order valence-electron chi connectivity index (χ3n) is 5.09. The minimum atomic E-state index is -0.381. The van der Waals surface area contributed by atoms with Crippen molar-refractivity contribution in [3.8, 4) is 5.75 Å². The van der Waals surface area contributed by atoms with Crippen LogP contribution in [0.3, 0.4) is 0 Å². The van der Waals surface area contributed by atoms with E-state index in [4.69, 9.17) is 9.47 Å². The third kappa shape index (κ3) is 5.04. The van der Waals surface area contributed by atoms with E-state index in [1.807, 2.05) is 84.9 Å². The van der Waals surface area contributed by atoms with Crippen LogP contribution < -0.4 is 10.1 Å². The quantitative estimate of drug-likeness (QED) is 0.620. The topological polar surface area (TPSA) is 47.6 Å². The maximum Gasteiger partial charge on any atom is 0.236 e. The molecule has 4 rings (SSSR count). The van der Waals surface area contributed by atoms with E-state index >= 15 is 0 Å². The van der Waals surface area contributed by atoms with Gasteiger partial charge < -0.3 is 14.8 Å². The number of amides is 1. The Hall–Kier alpha value is -3.11. The lowest BCUT2D eigenvalue weighted by atomic mass is 9.90. The Morgan fingerprint density at radius 3 is 2.28 bits per heavy atom. The first-order chi connectivity index (χ1) is 14.3. The Labute approximate surface area is 171 Å². The summed E-state index contributed by atoms with van der Waals surface area (Å²) in [4.78, 5) is 13.2. The van der Waals surface area contributed by atoms with E-state index in [1.165, 1.54) is 0 Å². The summed E-state index contributed by atoms with van der Waals surface area (Å²) in [5.41, 5.74) is 2.64.